The zero-order valence-corrected chi connectivity index (χ0v) is 24.9. The van der Waals surface area contributed by atoms with E-state index in [9.17, 15) is 0 Å². The molecule has 8 aromatic carbocycles. The molecular formula is C43H31N. The zero-order chi connectivity index (χ0) is 29.4. The Bertz CT molecular complexity index is 2350. The fourth-order valence-corrected chi connectivity index (χ4v) is 7.73. The SMILES string of the molecule is CC1(C)c2c(ccc3ccccc23)-c2ccc3cc(N(c4ccc5ccccc5c4)c4ccc5ccccc5c4)ccc3c21. The fourth-order valence-electron chi connectivity index (χ4n) is 7.73. The maximum atomic E-state index is 2.40. The Kier molecular flexibility index (Phi) is 5.31. The van der Waals surface area contributed by atoms with Gasteiger partial charge in [-0.2, -0.15) is 0 Å². The van der Waals surface area contributed by atoms with Gasteiger partial charge in [0.2, 0.25) is 0 Å². The van der Waals surface area contributed by atoms with Gasteiger partial charge in [0.25, 0.3) is 0 Å². The minimum atomic E-state index is -0.108. The second-order valence-corrected chi connectivity index (χ2v) is 12.6. The van der Waals surface area contributed by atoms with Crippen molar-refractivity contribution in [3.63, 3.8) is 0 Å². The van der Waals surface area contributed by atoms with E-state index in [4.69, 9.17) is 0 Å². The summed E-state index contributed by atoms with van der Waals surface area (Å²) < 4.78 is 0. The molecule has 0 heterocycles. The summed E-state index contributed by atoms with van der Waals surface area (Å²) in [4.78, 5) is 2.40. The molecule has 44 heavy (non-hydrogen) atoms. The van der Waals surface area contributed by atoms with Crippen molar-refractivity contribution in [2.75, 3.05) is 4.90 Å². The molecular weight excluding hydrogens is 530 g/mol. The van der Waals surface area contributed by atoms with Gasteiger partial charge in [-0.25, -0.2) is 0 Å². The highest BCUT2D eigenvalue weighted by molar-refractivity contribution is 6.04. The van der Waals surface area contributed by atoms with Crippen molar-refractivity contribution < 1.29 is 0 Å². The van der Waals surface area contributed by atoms with Crippen molar-refractivity contribution >= 4 is 60.2 Å². The molecule has 0 radical (unpaired) electrons. The summed E-state index contributed by atoms with van der Waals surface area (Å²) in [6.45, 7) is 4.79. The number of nitrogens with zero attached hydrogens (tertiary/aromatic N) is 1. The number of fused-ring (bicyclic) bond motifs is 9. The Labute approximate surface area is 257 Å². The number of rotatable bonds is 3. The molecule has 0 unspecified atom stereocenters. The van der Waals surface area contributed by atoms with Gasteiger partial charge in [0.15, 0.2) is 0 Å². The highest BCUT2D eigenvalue weighted by atomic mass is 15.1. The Morgan fingerprint density at radius 2 is 0.773 bits per heavy atom. The van der Waals surface area contributed by atoms with Gasteiger partial charge in [-0.05, 0) is 102 Å². The van der Waals surface area contributed by atoms with E-state index < -0.39 is 0 Å². The van der Waals surface area contributed by atoms with E-state index in [1.807, 2.05) is 0 Å². The molecule has 0 amide bonds. The third-order valence-corrected chi connectivity index (χ3v) is 9.71. The Hall–Kier alpha value is -5.40. The maximum Gasteiger partial charge on any atom is 0.0468 e. The summed E-state index contributed by atoms with van der Waals surface area (Å²) in [5.74, 6) is 0. The maximum absolute atomic E-state index is 2.40. The summed E-state index contributed by atoms with van der Waals surface area (Å²) >= 11 is 0. The van der Waals surface area contributed by atoms with Crippen LogP contribution in [0.25, 0.3) is 54.2 Å². The fraction of sp³-hybridized carbons (Fsp3) is 0.0698. The van der Waals surface area contributed by atoms with Crippen LogP contribution < -0.4 is 4.90 Å². The molecule has 9 rings (SSSR count). The lowest BCUT2D eigenvalue weighted by molar-refractivity contribution is 0.672. The Morgan fingerprint density at radius 1 is 0.364 bits per heavy atom. The smallest absolute Gasteiger partial charge is 0.0468 e. The average Bonchev–Trinajstić information content (AvgIpc) is 3.31. The van der Waals surface area contributed by atoms with Crippen molar-refractivity contribution in [2.24, 2.45) is 0 Å². The van der Waals surface area contributed by atoms with Crippen LogP contribution in [0.5, 0.6) is 0 Å². The molecule has 1 aliphatic carbocycles. The predicted octanol–water partition coefficient (Wildman–Crippen LogP) is 12.1. The van der Waals surface area contributed by atoms with Gasteiger partial charge in [-0.15, -0.1) is 0 Å². The molecule has 0 saturated carbocycles. The van der Waals surface area contributed by atoms with Gasteiger partial charge in [0, 0.05) is 22.5 Å². The Morgan fingerprint density at radius 3 is 1.36 bits per heavy atom. The van der Waals surface area contributed by atoms with Crippen LogP contribution in [0.15, 0.2) is 152 Å². The quantitative estimate of drug-likeness (QED) is 0.207. The van der Waals surface area contributed by atoms with Crippen molar-refractivity contribution in [2.45, 2.75) is 19.3 Å². The first-order chi connectivity index (χ1) is 21.6. The van der Waals surface area contributed by atoms with Gasteiger partial charge >= 0.3 is 0 Å². The standard InChI is InChI=1S/C43H31N/c1-43(2)41-37-14-8-7-11-30(37)17-22-39(41)40-23-18-33-27-36(21-24-38(33)42(40)43)44(34-19-15-28-9-3-5-12-31(28)25-34)35-20-16-29-10-4-6-13-32(29)26-35/h3-27H,1-2H3. The highest BCUT2D eigenvalue weighted by Crippen LogP contribution is 2.54. The van der Waals surface area contributed by atoms with E-state index in [0.29, 0.717) is 0 Å². The third-order valence-electron chi connectivity index (χ3n) is 9.71. The van der Waals surface area contributed by atoms with Crippen LogP contribution in [-0.2, 0) is 5.41 Å². The number of anilines is 3. The summed E-state index contributed by atoms with van der Waals surface area (Å²) in [6, 6.07) is 55.9. The monoisotopic (exact) mass is 561 g/mol. The summed E-state index contributed by atoms with van der Waals surface area (Å²) in [5, 5.41) is 10.2. The average molecular weight is 562 g/mol. The van der Waals surface area contributed by atoms with Crippen LogP contribution in [0, 0.1) is 0 Å². The molecule has 1 nitrogen and oxygen atoms in total. The Balaban J connectivity index is 1.25. The van der Waals surface area contributed by atoms with Crippen molar-refractivity contribution in [1.82, 2.24) is 0 Å². The molecule has 1 aliphatic rings. The molecule has 0 saturated heterocycles. The lowest BCUT2D eigenvalue weighted by Crippen LogP contribution is -2.16. The van der Waals surface area contributed by atoms with E-state index in [1.165, 1.54) is 65.3 Å². The molecule has 0 N–H and O–H groups in total. The second kappa shape index (κ2) is 9.30. The summed E-state index contributed by atoms with van der Waals surface area (Å²) in [5.41, 5.74) is 8.94. The minimum absolute atomic E-state index is 0.108. The van der Waals surface area contributed by atoms with Crippen molar-refractivity contribution in [1.29, 1.82) is 0 Å². The van der Waals surface area contributed by atoms with Gasteiger partial charge < -0.3 is 4.90 Å². The summed E-state index contributed by atoms with van der Waals surface area (Å²) in [7, 11) is 0. The van der Waals surface area contributed by atoms with Gasteiger partial charge in [0.1, 0.15) is 0 Å². The number of hydrogen-bond donors (Lipinski definition) is 0. The highest BCUT2D eigenvalue weighted by Gasteiger charge is 2.38. The minimum Gasteiger partial charge on any atom is -0.310 e. The van der Waals surface area contributed by atoms with E-state index >= 15 is 0 Å². The molecule has 208 valence electrons. The molecule has 0 spiro atoms. The van der Waals surface area contributed by atoms with Crippen molar-refractivity contribution in [3.05, 3.63) is 163 Å². The summed E-state index contributed by atoms with van der Waals surface area (Å²) in [6.07, 6.45) is 0. The molecule has 0 aromatic heterocycles. The van der Waals surface area contributed by atoms with E-state index in [1.54, 1.807) is 0 Å². The molecule has 0 aliphatic heterocycles. The number of hydrogen-bond acceptors (Lipinski definition) is 1. The predicted molar refractivity (Wildman–Crippen MR) is 189 cm³/mol. The van der Waals surface area contributed by atoms with Crippen LogP contribution >= 0.6 is 0 Å². The lowest BCUT2D eigenvalue weighted by Gasteiger charge is -2.28. The second-order valence-electron chi connectivity index (χ2n) is 12.6. The van der Waals surface area contributed by atoms with Crippen LogP contribution in [-0.4, -0.2) is 0 Å². The first-order valence-electron chi connectivity index (χ1n) is 15.4. The third kappa shape index (κ3) is 3.66. The van der Waals surface area contributed by atoms with Crippen LogP contribution in [0.4, 0.5) is 17.1 Å². The first-order valence-corrected chi connectivity index (χ1v) is 15.4. The van der Waals surface area contributed by atoms with Crippen molar-refractivity contribution in [3.8, 4) is 11.1 Å². The molecule has 1 heteroatoms. The van der Waals surface area contributed by atoms with Gasteiger partial charge in [0.05, 0.1) is 0 Å². The molecule has 0 atom stereocenters. The number of benzene rings is 8. The normalized spacial score (nSPS) is 13.4. The van der Waals surface area contributed by atoms with Gasteiger partial charge in [-0.1, -0.05) is 129 Å². The van der Waals surface area contributed by atoms with E-state index in [0.717, 1.165) is 17.1 Å². The lowest BCUT2D eigenvalue weighted by atomic mass is 9.78. The largest absolute Gasteiger partial charge is 0.310 e. The topological polar surface area (TPSA) is 3.24 Å². The zero-order valence-electron chi connectivity index (χ0n) is 24.9. The van der Waals surface area contributed by atoms with Crippen LogP contribution in [0.2, 0.25) is 0 Å². The van der Waals surface area contributed by atoms with Gasteiger partial charge in [-0.3, -0.25) is 0 Å². The van der Waals surface area contributed by atoms with E-state index in [2.05, 4.69) is 170 Å². The van der Waals surface area contributed by atoms with Crippen LogP contribution in [0.3, 0.4) is 0 Å². The van der Waals surface area contributed by atoms with Crippen LogP contribution in [0.1, 0.15) is 25.0 Å². The molecule has 0 fully saturated rings. The van der Waals surface area contributed by atoms with E-state index in [-0.39, 0.29) is 5.41 Å². The molecule has 8 aromatic rings. The first kappa shape index (κ1) is 25.1. The molecule has 0 bridgehead atoms.